The van der Waals surface area contributed by atoms with E-state index < -0.39 is 0 Å². The van der Waals surface area contributed by atoms with Gasteiger partial charge in [-0.2, -0.15) is 0 Å². The van der Waals surface area contributed by atoms with Crippen molar-refractivity contribution >= 4 is 34.2 Å². The van der Waals surface area contributed by atoms with Crippen LogP contribution in [0.1, 0.15) is 5.69 Å². The number of rotatable bonds is 2. The molecule has 0 bridgehead atoms. The maximum atomic E-state index is 6.01. The summed E-state index contributed by atoms with van der Waals surface area (Å²) in [7, 11) is 1.54. The van der Waals surface area contributed by atoms with Crippen LogP contribution in [0, 0.1) is 10.5 Å². The molecule has 2 aromatic heterocycles. The normalized spacial score (nSPS) is 10.4. The number of hydrogen-bond acceptors (Lipinski definition) is 5. The molecule has 0 aliphatic carbocycles. The molecule has 2 aromatic rings. The van der Waals surface area contributed by atoms with Gasteiger partial charge in [0.25, 0.3) is 0 Å². The number of methoxy groups -OCH3 is 1. The first-order valence-corrected chi connectivity index (χ1v) is 6.13. The second-order valence-corrected chi connectivity index (χ2v) is 4.62. The third-order valence-electron chi connectivity index (χ3n) is 2.06. The second-order valence-electron chi connectivity index (χ2n) is 3.18. The summed E-state index contributed by atoms with van der Waals surface area (Å²) in [4.78, 5) is 16.5. The second kappa shape index (κ2) is 5.09. The number of aryl methyl sites for hydroxylation is 1. The van der Waals surface area contributed by atoms with Gasteiger partial charge in [-0.25, -0.2) is 19.9 Å². The molecule has 0 amide bonds. The zero-order valence-electron chi connectivity index (χ0n) is 9.11. The SMILES string of the molecule is COc1cc(-c2nc(C)c(I)c(Cl)n2)ncn1. The molecule has 0 saturated heterocycles. The third-order valence-corrected chi connectivity index (χ3v) is 3.94. The zero-order valence-corrected chi connectivity index (χ0v) is 12.0. The molecule has 0 aliphatic heterocycles. The smallest absolute Gasteiger partial charge is 0.216 e. The first kappa shape index (κ1) is 12.4. The van der Waals surface area contributed by atoms with Gasteiger partial charge in [0.2, 0.25) is 5.88 Å². The van der Waals surface area contributed by atoms with E-state index in [1.807, 2.05) is 6.92 Å². The number of halogens is 2. The Morgan fingerprint density at radius 3 is 2.71 bits per heavy atom. The van der Waals surface area contributed by atoms with Crippen molar-refractivity contribution in [3.05, 3.63) is 26.8 Å². The van der Waals surface area contributed by atoms with Crippen LogP contribution in [0.5, 0.6) is 5.88 Å². The molecule has 0 spiro atoms. The number of nitrogens with zero attached hydrogens (tertiary/aromatic N) is 4. The average Bonchev–Trinajstić information content (AvgIpc) is 2.35. The van der Waals surface area contributed by atoms with Gasteiger partial charge in [0, 0.05) is 6.07 Å². The first-order chi connectivity index (χ1) is 8.11. The monoisotopic (exact) mass is 362 g/mol. The molecule has 0 aromatic carbocycles. The van der Waals surface area contributed by atoms with Crippen LogP contribution in [0.15, 0.2) is 12.4 Å². The average molecular weight is 363 g/mol. The summed E-state index contributed by atoms with van der Waals surface area (Å²) in [5, 5.41) is 0.422. The molecule has 88 valence electrons. The Balaban J connectivity index is 2.52. The van der Waals surface area contributed by atoms with E-state index in [0.717, 1.165) is 9.26 Å². The largest absolute Gasteiger partial charge is 0.481 e. The fourth-order valence-corrected chi connectivity index (χ4v) is 1.67. The van der Waals surface area contributed by atoms with E-state index >= 15 is 0 Å². The van der Waals surface area contributed by atoms with Gasteiger partial charge in [0.05, 0.1) is 16.4 Å². The summed E-state index contributed by atoms with van der Waals surface area (Å²) < 4.78 is 5.86. The van der Waals surface area contributed by atoms with Gasteiger partial charge in [-0.3, -0.25) is 0 Å². The highest BCUT2D eigenvalue weighted by molar-refractivity contribution is 14.1. The minimum absolute atomic E-state index is 0.422. The van der Waals surface area contributed by atoms with Crippen LogP contribution in [-0.4, -0.2) is 27.0 Å². The van der Waals surface area contributed by atoms with Crippen molar-refractivity contribution in [3.63, 3.8) is 0 Å². The Bertz CT molecular complexity index is 541. The van der Waals surface area contributed by atoms with E-state index in [2.05, 4.69) is 42.5 Å². The van der Waals surface area contributed by atoms with E-state index in [9.17, 15) is 0 Å². The van der Waals surface area contributed by atoms with Gasteiger partial charge in [0.1, 0.15) is 17.2 Å². The number of aromatic nitrogens is 4. The van der Waals surface area contributed by atoms with Crippen LogP contribution in [-0.2, 0) is 0 Å². The van der Waals surface area contributed by atoms with Gasteiger partial charge >= 0.3 is 0 Å². The van der Waals surface area contributed by atoms with Gasteiger partial charge in [-0.15, -0.1) is 0 Å². The van der Waals surface area contributed by atoms with E-state index in [1.54, 1.807) is 13.2 Å². The van der Waals surface area contributed by atoms with Gasteiger partial charge in [-0.1, -0.05) is 11.6 Å². The third kappa shape index (κ3) is 2.63. The van der Waals surface area contributed by atoms with Crippen molar-refractivity contribution in [2.75, 3.05) is 7.11 Å². The molecule has 2 rings (SSSR count). The lowest BCUT2D eigenvalue weighted by Gasteiger charge is -2.05. The maximum absolute atomic E-state index is 6.01. The topological polar surface area (TPSA) is 60.8 Å². The molecule has 0 N–H and O–H groups in total. The van der Waals surface area contributed by atoms with Crippen molar-refractivity contribution in [3.8, 4) is 17.4 Å². The van der Waals surface area contributed by atoms with Crippen molar-refractivity contribution in [2.45, 2.75) is 6.92 Å². The summed E-state index contributed by atoms with van der Waals surface area (Å²) in [5.41, 5.74) is 1.40. The summed E-state index contributed by atoms with van der Waals surface area (Å²) in [6, 6.07) is 1.66. The quantitative estimate of drug-likeness (QED) is 0.607. The van der Waals surface area contributed by atoms with Crippen molar-refractivity contribution < 1.29 is 4.74 Å². The van der Waals surface area contributed by atoms with Crippen LogP contribution in [0.2, 0.25) is 5.15 Å². The Labute approximate surface area is 117 Å². The standard InChI is InChI=1S/C10H8ClIN4O/c1-5-8(12)9(11)16-10(15-5)6-3-7(17-2)14-4-13-6/h3-4H,1-2H3. The van der Waals surface area contributed by atoms with Crippen LogP contribution in [0.4, 0.5) is 0 Å². The molecule has 0 aliphatic rings. The minimum Gasteiger partial charge on any atom is -0.481 e. The van der Waals surface area contributed by atoms with Gasteiger partial charge in [-0.05, 0) is 29.5 Å². The number of hydrogen-bond donors (Lipinski definition) is 0. The molecule has 0 atom stereocenters. The van der Waals surface area contributed by atoms with Crippen molar-refractivity contribution in [1.82, 2.24) is 19.9 Å². The molecular formula is C10H8ClIN4O. The summed E-state index contributed by atoms with van der Waals surface area (Å²) in [6.45, 7) is 1.87. The maximum Gasteiger partial charge on any atom is 0.216 e. The molecule has 2 heterocycles. The van der Waals surface area contributed by atoms with E-state index in [4.69, 9.17) is 16.3 Å². The molecule has 0 unspecified atom stereocenters. The van der Waals surface area contributed by atoms with Gasteiger partial charge < -0.3 is 4.74 Å². The van der Waals surface area contributed by atoms with Gasteiger partial charge in [0.15, 0.2) is 5.82 Å². The number of ether oxygens (including phenoxy) is 1. The molecule has 0 radical (unpaired) electrons. The fourth-order valence-electron chi connectivity index (χ4n) is 1.21. The Hall–Kier alpha value is -1.02. The first-order valence-electron chi connectivity index (χ1n) is 4.68. The Kier molecular flexibility index (Phi) is 3.72. The molecule has 5 nitrogen and oxygen atoms in total. The minimum atomic E-state index is 0.422. The zero-order chi connectivity index (χ0) is 12.4. The molecular weight excluding hydrogens is 354 g/mol. The van der Waals surface area contributed by atoms with Crippen molar-refractivity contribution in [2.24, 2.45) is 0 Å². The predicted octanol–water partition coefficient (Wildman–Crippen LogP) is 2.51. The predicted molar refractivity (Wildman–Crippen MR) is 72.1 cm³/mol. The molecule has 17 heavy (non-hydrogen) atoms. The molecule has 0 saturated carbocycles. The van der Waals surface area contributed by atoms with Crippen LogP contribution >= 0.6 is 34.2 Å². The fraction of sp³-hybridized carbons (Fsp3) is 0.200. The lowest BCUT2D eigenvalue weighted by molar-refractivity contribution is 0.397. The summed E-state index contributed by atoms with van der Waals surface area (Å²) in [5.74, 6) is 0.930. The highest BCUT2D eigenvalue weighted by Crippen LogP contribution is 2.23. The summed E-state index contributed by atoms with van der Waals surface area (Å²) in [6.07, 6.45) is 1.40. The lowest BCUT2D eigenvalue weighted by Crippen LogP contribution is -1.99. The highest BCUT2D eigenvalue weighted by Gasteiger charge is 2.11. The van der Waals surface area contributed by atoms with Crippen LogP contribution < -0.4 is 4.74 Å². The van der Waals surface area contributed by atoms with E-state index in [1.165, 1.54) is 6.33 Å². The lowest BCUT2D eigenvalue weighted by atomic mass is 10.3. The summed E-state index contributed by atoms with van der Waals surface area (Å²) >= 11 is 8.11. The van der Waals surface area contributed by atoms with Crippen LogP contribution in [0.25, 0.3) is 11.5 Å². The Morgan fingerprint density at radius 2 is 2.06 bits per heavy atom. The van der Waals surface area contributed by atoms with E-state index in [-0.39, 0.29) is 0 Å². The Morgan fingerprint density at radius 1 is 1.29 bits per heavy atom. The molecule has 7 heteroatoms. The van der Waals surface area contributed by atoms with E-state index in [0.29, 0.717) is 22.6 Å². The highest BCUT2D eigenvalue weighted by atomic mass is 127. The molecule has 0 fully saturated rings. The van der Waals surface area contributed by atoms with Crippen molar-refractivity contribution in [1.29, 1.82) is 0 Å². The van der Waals surface area contributed by atoms with Crippen LogP contribution in [0.3, 0.4) is 0 Å².